The highest BCUT2D eigenvalue weighted by Gasteiger charge is 2.06. The number of aryl methyl sites for hydroxylation is 2. The van der Waals surface area contributed by atoms with Crippen molar-refractivity contribution in [2.24, 2.45) is 5.10 Å². The van der Waals surface area contributed by atoms with Crippen molar-refractivity contribution in [3.63, 3.8) is 0 Å². The van der Waals surface area contributed by atoms with Crippen molar-refractivity contribution >= 4 is 23.4 Å². The summed E-state index contributed by atoms with van der Waals surface area (Å²) in [6.45, 7) is 7.82. The molecule has 0 spiro atoms. The predicted molar refractivity (Wildman–Crippen MR) is 98.4 cm³/mol. The van der Waals surface area contributed by atoms with Gasteiger partial charge in [-0.25, -0.2) is 15.4 Å². The first-order chi connectivity index (χ1) is 11.5. The Morgan fingerprint density at radius 1 is 1.17 bits per heavy atom. The van der Waals surface area contributed by atoms with Crippen LogP contribution in [0.1, 0.15) is 47.6 Å². The highest BCUT2D eigenvalue weighted by atomic mass is 32.2. The Labute approximate surface area is 147 Å². The Morgan fingerprint density at radius 3 is 2.38 bits per heavy atom. The standard InChI is InChI=1S/C18H22N4OS/c1-5-12(2)21-22-17(23)16-8-6-15(7-9-16)11-24-18-19-13(3)10-14(4)20-18/h6-10H,5,11H2,1-4H3,(H,22,23)/b21-12-. The number of nitrogens with one attached hydrogen (secondary N) is 1. The molecule has 0 radical (unpaired) electrons. The van der Waals surface area contributed by atoms with Crippen LogP contribution in [-0.2, 0) is 5.75 Å². The van der Waals surface area contributed by atoms with Crippen LogP contribution in [0.3, 0.4) is 0 Å². The molecule has 6 heteroatoms. The Balaban J connectivity index is 1.95. The molecular formula is C18H22N4OS. The van der Waals surface area contributed by atoms with Gasteiger partial charge in [0.05, 0.1) is 0 Å². The summed E-state index contributed by atoms with van der Waals surface area (Å²) in [4.78, 5) is 20.8. The molecule has 0 aliphatic rings. The number of hydrogen-bond acceptors (Lipinski definition) is 5. The average Bonchev–Trinajstić information content (AvgIpc) is 2.57. The SMILES string of the molecule is CC/C(C)=N\NC(=O)c1ccc(CSc2nc(C)cc(C)n2)cc1. The Kier molecular flexibility index (Phi) is 6.49. The molecule has 0 aliphatic heterocycles. The first-order valence-corrected chi connectivity index (χ1v) is 8.84. The van der Waals surface area contributed by atoms with E-state index in [4.69, 9.17) is 0 Å². The Bertz CT molecular complexity index is 721. The molecule has 1 aromatic heterocycles. The monoisotopic (exact) mass is 342 g/mol. The third-order valence-electron chi connectivity index (χ3n) is 3.41. The van der Waals surface area contributed by atoms with Gasteiger partial charge in [0.1, 0.15) is 0 Å². The molecule has 1 heterocycles. The fraction of sp³-hybridized carbons (Fsp3) is 0.333. The minimum atomic E-state index is -0.195. The zero-order valence-corrected chi connectivity index (χ0v) is 15.3. The topological polar surface area (TPSA) is 67.2 Å². The molecule has 1 amide bonds. The van der Waals surface area contributed by atoms with Gasteiger partial charge in [0.15, 0.2) is 5.16 Å². The molecule has 0 saturated heterocycles. The highest BCUT2D eigenvalue weighted by molar-refractivity contribution is 7.98. The molecule has 2 aromatic rings. The van der Waals surface area contributed by atoms with E-state index in [0.717, 1.165) is 40.0 Å². The lowest BCUT2D eigenvalue weighted by Gasteiger charge is -2.05. The first kappa shape index (κ1) is 18.1. The zero-order valence-electron chi connectivity index (χ0n) is 14.5. The summed E-state index contributed by atoms with van der Waals surface area (Å²) in [7, 11) is 0. The lowest BCUT2D eigenvalue weighted by Crippen LogP contribution is -2.18. The molecule has 5 nitrogen and oxygen atoms in total. The number of thioether (sulfide) groups is 1. The number of hydrazone groups is 1. The number of carbonyl (C=O) groups is 1. The number of amides is 1. The van der Waals surface area contributed by atoms with Gasteiger partial charge in [-0.1, -0.05) is 30.8 Å². The maximum Gasteiger partial charge on any atom is 0.271 e. The normalized spacial score (nSPS) is 11.4. The van der Waals surface area contributed by atoms with Crippen LogP contribution in [-0.4, -0.2) is 21.6 Å². The van der Waals surface area contributed by atoms with E-state index in [9.17, 15) is 4.79 Å². The van der Waals surface area contributed by atoms with E-state index in [0.29, 0.717) is 5.56 Å². The predicted octanol–water partition coefficient (Wildman–Crippen LogP) is 3.90. The van der Waals surface area contributed by atoms with Gasteiger partial charge in [0.2, 0.25) is 0 Å². The van der Waals surface area contributed by atoms with Crippen LogP contribution in [0.5, 0.6) is 0 Å². The molecule has 24 heavy (non-hydrogen) atoms. The molecule has 1 aromatic carbocycles. The molecule has 126 valence electrons. The minimum absolute atomic E-state index is 0.195. The minimum Gasteiger partial charge on any atom is -0.267 e. The molecule has 0 aliphatic carbocycles. The van der Waals surface area contributed by atoms with Gasteiger partial charge in [-0.3, -0.25) is 4.79 Å². The number of benzene rings is 1. The second-order valence-electron chi connectivity index (χ2n) is 5.56. The second kappa shape index (κ2) is 8.59. The molecule has 1 N–H and O–H groups in total. The van der Waals surface area contributed by atoms with Gasteiger partial charge in [-0.15, -0.1) is 0 Å². The summed E-state index contributed by atoms with van der Waals surface area (Å²) in [5.74, 6) is 0.567. The molecule has 2 rings (SSSR count). The van der Waals surface area contributed by atoms with Gasteiger partial charge in [-0.2, -0.15) is 5.10 Å². The smallest absolute Gasteiger partial charge is 0.267 e. The number of aromatic nitrogens is 2. The summed E-state index contributed by atoms with van der Waals surface area (Å²) < 4.78 is 0. The van der Waals surface area contributed by atoms with Gasteiger partial charge in [0.25, 0.3) is 5.91 Å². The number of nitrogens with zero attached hydrogens (tertiary/aromatic N) is 3. The van der Waals surface area contributed by atoms with Crippen LogP contribution in [0.4, 0.5) is 0 Å². The maximum atomic E-state index is 12.0. The van der Waals surface area contributed by atoms with Crippen molar-refractivity contribution in [2.45, 2.75) is 45.0 Å². The van der Waals surface area contributed by atoms with Gasteiger partial charge in [0, 0.05) is 28.4 Å². The maximum absolute atomic E-state index is 12.0. The molecule has 0 saturated carbocycles. The van der Waals surface area contributed by atoms with Crippen LogP contribution in [0.2, 0.25) is 0 Å². The number of hydrogen-bond donors (Lipinski definition) is 1. The van der Waals surface area contributed by atoms with E-state index in [1.165, 1.54) is 0 Å². The fourth-order valence-electron chi connectivity index (χ4n) is 1.95. The lowest BCUT2D eigenvalue weighted by atomic mass is 10.1. The quantitative estimate of drug-likeness (QED) is 0.374. The fourth-order valence-corrected chi connectivity index (χ4v) is 2.85. The first-order valence-electron chi connectivity index (χ1n) is 7.85. The molecule has 0 bridgehead atoms. The molecule has 0 fully saturated rings. The van der Waals surface area contributed by atoms with E-state index in [-0.39, 0.29) is 5.91 Å². The van der Waals surface area contributed by atoms with Crippen molar-refractivity contribution in [2.75, 3.05) is 0 Å². The number of carbonyl (C=O) groups excluding carboxylic acids is 1. The van der Waals surface area contributed by atoms with E-state index in [1.807, 2.05) is 58.0 Å². The molecule has 0 unspecified atom stereocenters. The van der Waals surface area contributed by atoms with Crippen LogP contribution < -0.4 is 5.43 Å². The summed E-state index contributed by atoms with van der Waals surface area (Å²) in [6, 6.07) is 9.47. The highest BCUT2D eigenvalue weighted by Crippen LogP contribution is 2.20. The molecular weight excluding hydrogens is 320 g/mol. The summed E-state index contributed by atoms with van der Waals surface area (Å²) in [5, 5.41) is 4.81. The Hall–Kier alpha value is -2.21. The second-order valence-corrected chi connectivity index (χ2v) is 6.50. The third-order valence-corrected chi connectivity index (χ3v) is 4.32. The third kappa shape index (κ3) is 5.45. The van der Waals surface area contributed by atoms with Crippen LogP contribution in [0.25, 0.3) is 0 Å². The van der Waals surface area contributed by atoms with Crippen molar-refractivity contribution in [3.8, 4) is 0 Å². The number of rotatable bonds is 6. The van der Waals surface area contributed by atoms with Gasteiger partial charge < -0.3 is 0 Å². The van der Waals surface area contributed by atoms with Crippen molar-refractivity contribution in [1.29, 1.82) is 0 Å². The summed E-state index contributed by atoms with van der Waals surface area (Å²) in [5.41, 5.74) is 7.12. The summed E-state index contributed by atoms with van der Waals surface area (Å²) in [6.07, 6.45) is 0.816. The van der Waals surface area contributed by atoms with Gasteiger partial charge >= 0.3 is 0 Å². The van der Waals surface area contributed by atoms with E-state index < -0.39 is 0 Å². The average molecular weight is 342 g/mol. The van der Waals surface area contributed by atoms with Crippen molar-refractivity contribution in [1.82, 2.24) is 15.4 Å². The largest absolute Gasteiger partial charge is 0.271 e. The van der Waals surface area contributed by atoms with E-state index >= 15 is 0 Å². The molecule has 0 atom stereocenters. The van der Waals surface area contributed by atoms with Gasteiger partial charge in [-0.05, 0) is 51.0 Å². The van der Waals surface area contributed by atoms with Crippen LogP contribution in [0, 0.1) is 13.8 Å². The Morgan fingerprint density at radius 2 is 1.79 bits per heavy atom. The van der Waals surface area contributed by atoms with Crippen molar-refractivity contribution in [3.05, 3.63) is 52.8 Å². The van der Waals surface area contributed by atoms with E-state index in [2.05, 4.69) is 20.5 Å². The summed E-state index contributed by atoms with van der Waals surface area (Å²) >= 11 is 1.59. The van der Waals surface area contributed by atoms with E-state index in [1.54, 1.807) is 11.8 Å². The zero-order chi connectivity index (χ0) is 17.5. The van der Waals surface area contributed by atoms with Crippen LogP contribution in [0.15, 0.2) is 40.6 Å². The van der Waals surface area contributed by atoms with Crippen LogP contribution >= 0.6 is 11.8 Å². The lowest BCUT2D eigenvalue weighted by molar-refractivity contribution is 0.0954. The van der Waals surface area contributed by atoms with Crippen molar-refractivity contribution < 1.29 is 4.79 Å².